The maximum atomic E-state index is 12.4. The average Bonchev–Trinajstić information content (AvgIpc) is 2.78. The molecule has 0 aromatic rings. The van der Waals surface area contributed by atoms with Crippen LogP contribution in [0.5, 0.6) is 0 Å². The minimum Gasteiger partial charge on any atom is -0.480 e. The Kier molecular flexibility index (Phi) is 3.93. The summed E-state index contributed by atoms with van der Waals surface area (Å²) in [5, 5.41) is 9.07. The first-order chi connectivity index (χ1) is 8.43. The smallest absolute Gasteiger partial charge is 0.322 e. The van der Waals surface area contributed by atoms with Gasteiger partial charge in [0.15, 0.2) is 0 Å². The van der Waals surface area contributed by atoms with Crippen LogP contribution in [0.15, 0.2) is 0 Å². The van der Waals surface area contributed by atoms with E-state index in [-0.39, 0.29) is 0 Å². The number of piperidine rings is 1. The molecule has 2 atom stereocenters. The molecular formula is C11H20N2O4S. The van der Waals surface area contributed by atoms with Crippen LogP contribution in [0, 0.1) is 5.92 Å². The van der Waals surface area contributed by atoms with E-state index in [2.05, 4.69) is 0 Å². The Labute approximate surface area is 108 Å². The molecule has 7 heteroatoms. The van der Waals surface area contributed by atoms with Gasteiger partial charge in [-0.15, -0.1) is 0 Å². The fourth-order valence-electron chi connectivity index (χ4n) is 2.77. The Hall–Kier alpha value is -0.660. The van der Waals surface area contributed by atoms with Crippen molar-refractivity contribution in [1.82, 2.24) is 8.61 Å². The van der Waals surface area contributed by atoms with E-state index in [0.29, 0.717) is 38.4 Å². The molecule has 2 rings (SSSR count). The molecule has 2 unspecified atom stereocenters. The summed E-state index contributed by atoms with van der Waals surface area (Å²) in [6, 6.07) is -0.882. The van der Waals surface area contributed by atoms with Crippen LogP contribution in [0.25, 0.3) is 0 Å². The van der Waals surface area contributed by atoms with Gasteiger partial charge in [-0.2, -0.15) is 17.0 Å². The van der Waals surface area contributed by atoms with Crippen LogP contribution in [0.2, 0.25) is 0 Å². The van der Waals surface area contributed by atoms with E-state index < -0.39 is 22.2 Å². The zero-order valence-corrected chi connectivity index (χ0v) is 11.4. The summed E-state index contributed by atoms with van der Waals surface area (Å²) in [4.78, 5) is 11.1. The number of carbonyl (C=O) groups is 1. The first-order valence-electron chi connectivity index (χ1n) is 6.42. The summed E-state index contributed by atoms with van der Waals surface area (Å²) in [6.07, 6.45) is 2.93. The van der Waals surface area contributed by atoms with Crippen LogP contribution in [-0.4, -0.2) is 53.8 Å². The zero-order valence-electron chi connectivity index (χ0n) is 10.6. The van der Waals surface area contributed by atoms with E-state index in [1.807, 2.05) is 6.92 Å². The second-order valence-corrected chi connectivity index (χ2v) is 7.10. The number of aliphatic carboxylic acids is 1. The fraction of sp³-hybridized carbons (Fsp3) is 0.909. The largest absolute Gasteiger partial charge is 0.480 e. The van der Waals surface area contributed by atoms with Gasteiger partial charge < -0.3 is 5.11 Å². The van der Waals surface area contributed by atoms with Gasteiger partial charge in [0, 0.05) is 19.6 Å². The highest BCUT2D eigenvalue weighted by molar-refractivity contribution is 7.86. The summed E-state index contributed by atoms with van der Waals surface area (Å²) >= 11 is 0. The topological polar surface area (TPSA) is 77.9 Å². The standard InChI is InChI=1S/C11H20N2O4S/c1-9-4-2-6-12(8-9)18(16,17)13-7-3-5-10(13)11(14)15/h9-10H,2-8H2,1H3,(H,14,15). The first kappa shape index (κ1) is 13.8. The van der Waals surface area contributed by atoms with E-state index in [1.165, 1.54) is 4.31 Å². The van der Waals surface area contributed by atoms with E-state index >= 15 is 0 Å². The lowest BCUT2D eigenvalue weighted by molar-refractivity contribution is -0.140. The van der Waals surface area contributed by atoms with Crippen molar-refractivity contribution in [2.24, 2.45) is 5.92 Å². The zero-order chi connectivity index (χ0) is 13.3. The molecule has 0 amide bonds. The van der Waals surface area contributed by atoms with Crippen LogP contribution in [0.1, 0.15) is 32.6 Å². The van der Waals surface area contributed by atoms with Crippen molar-refractivity contribution in [2.45, 2.75) is 38.6 Å². The lowest BCUT2D eigenvalue weighted by Crippen LogP contribution is -2.50. The van der Waals surface area contributed by atoms with Gasteiger partial charge in [0.25, 0.3) is 10.2 Å². The lowest BCUT2D eigenvalue weighted by Gasteiger charge is -2.34. The lowest BCUT2D eigenvalue weighted by atomic mass is 10.0. The Balaban J connectivity index is 2.17. The summed E-state index contributed by atoms with van der Waals surface area (Å²) in [5.74, 6) is -0.694. The second-order valence-electron chi connectivity index (χ2n) is 5.22. The Morgan fingerprint density at radius 1 is 1.22 bits per heavy atom. The van der Waals surface area contributed by atoms with Crippen LogP contribution in [0.4, 0.5) is 0 Å². The number of rotatable bonds is 3. The summed E-state index contributed by atoms with van der Waals surface area (Å²) < 4.78 is 27.5. The van der Waals surface area contributed by atoms with Crippen molar-refractivity contribution in [3.8, 4) is 0 Å². The van der Waals surface area contributed by atoms with Crippen molar-refractivity contribution in [2.75, 3.05) is 19.6 Å². The third kappa shape index (κ3) is 2.53. The Morgan fingerprint density at radius 3 is 2.50 bits per heavy atom. The SMILES string of the molecule is CC1CCCN(S(=O)(=O)N2CCCC2C(=O)O)C1. The molecule has 6 nitrogen and oxygen atoms in total. The molecule has 0 radical (unpaired) electrons. The molecule has 1 N–H and O–H groups in total. The summed E-state index contributed by atoms with van der Waals surface area (Å²) in [6.45, 7) is 3.37. The molecule has 2 heterocycles. The van der Waals surface area contributed by atoms with Crippen LogP contribution >= 0.6 is 0 Å². The summed E-state index contributed by atoms with van der Waals surface area (Å²) in [7, 11) is -3.60. The summed E-state index contributed by atoms with van der Waals surface area (Å²) in [5.41, 5.74) is 0. The second kappa shape index (κ2) is 5.14. The molecule has 0 aliphatic carbocycles. The number of carboxylic acids is 1. The molecule has 0 aromatic heterocycles. The molecule has 18 heavy (non-hydrogen) atoms. The highest BCUT2D eigenvalue weighted by atomic mass is 32.2. The van der Waals surface area contributed by atoms with Crippen molar-refractivity contribution in [3.63, 3.8) is 0 Å². The van der Waals surface area contributed by atoms with Gasteiger partial charge in [0.05, 0.1) is 0 Å². The number of hydrogen-bond donors (Lipinski definition) is 1. The van der Waals surface area contributed by atoms with Gasteiger partial charge in [-0.25, -0.2) is 0 Å². The molecule has 2 aliphatic heterocycles. The van der Waals surface area contributed by atoms with Crippen molar-refractivity contribution in [1.29, 1.82) is 0 Å². The number of nitrogens with zero attached hydrogens (tertiary/aromatic N) is 2. The molecule has 2 fully saturated rings. The predicted molar refractivity (Wildman–Crippen MR) is 66.3 cm³/mol. The van der Waals surface area contributed by atoms with E-state index in [4.69, 9.17) is 5.11 Å². The molecule has 0 spiro atoms. The Bertz CT molecular complexity index is 423. The monoisotopic (exact) mass is 276 g/mol. The predicted octanol–water partition coefficient (Wildman–Crippen LogP) is 0.512. The van der Waals surface area contributed by atoms with Crippen LogP contribution in [0.3, 0.4) is 0 Å². The molecule has 104 valence electrons. The quantitative estimate of drug-likeness (QED) is 0.815. The molecular weight excluding hydrogens is 256 g/mol. The fourth-order valence-corrected chi connectivity index (χ4v) is 4.74. The number of hydrogen-bond acceptors (Lipinski definition) is 3. The van der Waals surface area contributed by atoms with Crippen LogP contribution < -0.4 is 0 Å². The maximum Gasteiger partial charge on any atom is 0.322 e. The minimum absolute atomic E-state index is 0.324. The normalized spacial score (nSPS) is 31.6. The molecule has 2 saturated heterocycles. The van der Waals surface area contributed by atoms with E-state index in [0.717, 1.165) is 17.1 Å². The third-order valence-electron chi connectivity index (χ3n) is 3.73. The molecule has 0 saturated carbocycles. The van der Waals surface area contributed by atoms with Gasteiger partial charge >= 0.3 is 5.97 Å². The minimum atomic E-state index is -3.60. The van der Waals surface area contributed by atoms with Crippen molar-refractivity contribution in [3.05, 3.63) is 0 Å². The number of carboxylic acid groups (broad SMARTS) is 1. The average molecular weight is 276 g/mol. The van der Waals surface area contributed by atoms with Crippen LogP contribution in [-0.2, 0) is 15.0 Å². The van der Waals surface area contributed by atoms with Crippen molar-refractivity contribution >= 4 is 16.2 Å². The van der Waals surface area contributed by atoms with E-state index in [9.17, 15) is 13.2 Å². The highest BCUT2D eigenvalue weighted by Crippen LogP contribution is 2.26. The van der Waals surface area contributed by atoms with Crippen molar-refractivity contribution < 1.29 is 18.3 Å². The van der Waals surface area contributed by atoms with Gasteiger partial charge in [-0.05, 0) is 31.6 Å². The molecule has 2 aliphatic rings. The van der Waals surface area contributed by atoms with Gasteiger partial charge in [0.2, 0.25) is 0 Å². The van der Waals surface area contributed by atoms with Gasteiger partial charge in [-0.1, -0.05) is 6.92 Å². The third-order valence-corrected chi connectivity index (χ3v) is 5.75. The molecule has 0 aromatic carbocycles. The molecule has 0 bridgehead atoms. The first-order valence-corrected chi connectivity index (χ1v) is 7.82. The Morgan fingerprint density at radius 2 is 1.89 bits per heavy atom. The highest BCUT2D eigenvalue weighted by Gasteiger charge is 2.42. The van der Waals surface area contributed by atoms with Gasteiger partial charge in [0.1, 0.15) is 6.04 Å². The van der Waals surface area contributed by atoms with E-state index in [1.54, 1.807) is 0 Å². The maximum absolute atomic E-state index is 12.4. The van der Waals surface area contributed by atoms with Gasteiger partial charge in [-0.3, -0.25) is 4.79 Å².